The first kappa shape index (κ1) is 18.4. The van der Waals surface area contributed by atoms with E-state index in [1.54, 1.807) is 13.2 Å². The summed E-state index contributed by atoms with van der Waals surface area (Å²) in [7, 11) is 1.73. The van der Waals surface area contributed by atoms with E-state index in [1.165, 1.54) is 5.56 Å². The van der Waals surface area contributed by atoms with Crippen LogP contribution < -0.4 is 21.5 Å². The van der Waals surface area contributed by atoms with Gasteiger partial charge in [0.2, 0.25) is 5.69 Å². The Kier molecular flexibility index (Phi) is 5.59. The fourth-order valence-corrected chi connectivity index (χ4v) is 3.42. The fraction of sp³-hybridized carbons (Fsp3) is 0.190. The first-order valence-electron chi connectivity index (χ1n) is 8.49. The third-order valence-corrected chi connectivity index (χ3v) is 4.56. The molecule has 0 saturated carbocycles. The molecule has 4 nitrogen and oxygen atoms in total. The highest BCUT2D eigenvalue weighted by Gasteiger charge is 2.20. The van der Waals surface area contributed by atoms with Gasteiger partial charge in [0.15, 0.2) is 12.7 Å². The highest BCUT2D eigenvalue weighted by molar-refractivity contribution is 6.10. The lowest BCUT2D eigenvalue weighted by Gasteiger charge is -2.06. The molecule has 0 unspecified atom stereocenters. The first-order chi connectivity index (χ1) is 12.3. The van der Waals surface area contributed by atoms with Gasteiger partial charge in [0, 0.05) is 41.4 Å². The first-order valence-corrected chi connectivity index (χ1v) is 8.49. The summed E-state index contributed by atoms with van der Waals surface area (Å²) in [6.07, 6.45) is 3.07. The largest absolute Gasteiger partial charge is 1.00 e. The highest BCUT2D eigenvalue weighted by Crippen LogP contribution is 2.32. The number of nitrogens with zero attached hydrogens (tertiary/aromatic N) is 1. The Morgan fingerprint density at radius 3 is 2.62 bits per heavy atom. The molecule has 0 spiro atoms. The van der Waals surface area contributed by atoms with Crippen LogP contribution in [0.3, 0.4) is 0 Å². The topological polar surface area (TPSA) is 49.1 Å². The van der Waals surface area contributed by atoms with Crippen molar-refractivity contribution in [1.82, 2.24) is 4.98 Å². The van der Waals surface area contributed by atoms with Crippen LogP contribution in [0.4, 0.5) is 0 Å². The molecule has 0 aliphatic rings. The third-order valence-electron chi connectivity index (χ3n) is 4.56. The minimum absolute atomic E-state index is 0. The van der Waals surface area contributed by atoms with Gasteiger partial charge in [0.05, 0.1) is 6.61 Å². The van der Waals surface area contributed by atoms with Crippen LogP contribution in [0.15, 0.2) is 60.8 Å². The van der Waals surface area contributed by atoms with Crippen LogP contribution in [-0.4, -0.2) is 23.8 Å². The molecule has 0 bridgehead atoms. The number of hydrogen-bond acceptors (Lipinski definition) is 2. The van der Waals surface area contributed by atoms with Crippen molar-refractivity contribution in [2.24, 2.45) is 0 Å². The Hall–Kier alpha value is -2.37. The van der Waals surface area contributed by atoms with Gasteiger partial charge in [-0.2, -0.15) is 4.57 Å². The van der Waals surface area contributed by atoms with Gasteiger partial charge < -0.3 is 31.8 Å². The van der Waals surface area contributed by atoms with Crippen LogP contribution in [0.2, 0.25) is 0 Å². The standard InChI is InChI=1S/C21H20N2O2.BrH/c1-25-13-5-11-23-12-10-17-18-14-16(24)8-9-19(18)22-20(17)21(23)15-6-3-2-4-7-15;/h2-4,6-10,12,14,24H,5,11,13H2,1H3;1H. The summed E-state index contributed by atoms with van der Waals surface area (Å²) < 4.78 is 7.48. The molecule has 0 aliphatic carbocycles. The summed E-state index contributed by atoms with van der Waals surface area (Å²) in [6.45, 7) is 1.62. The van der Waals surface area contributed by atoms with Gasteiger partial charge >= 0.3 is 0 Å². The highest BCUT2D eigenvalue weighted by atomic mass is 79.9. The second-order valence-corrected chi connectivity index (χ2v) is 6.21. The van der Waals surface area contributed by atoms with Crippen LogP contribution in [0.5, 0.6) is 5.75 Å². The lowest BCUT2D eigenvalue weighted by molar-refractivity contribution is -0.685. The van der Waals surface area contributed by atoms with Crippen molar-refractivity contribution in [1.29, 1.82) is 0 Å². The van der Waals surface area contributed by atoms with Crippen molar-refractivity contribution in [3.8, 4) is 17.0 Å². The molecule has 0 aliphatic heterocycles. The van der Waals surface area contributed by atoms with Gasteiger partial charge in [-0.1, -0.05) is 18.2 Å². The van der Waals surface area contributed by atoms with Gasteiger partial charge in [-0.25, -0.2) is 0 Å². The third kappa shape index (κ3) is 3.32. The number of methoxy groups -OCH3 is 1. The lowest BCUT2D eigenvalue weighted by atomic mass is 10.1. The Morgan fingerprint density at radius 2 is 1.85 bits per heavy atom. The molecule has 0 radical (unpaired) electrons. The maximum Gasteiger partial charge on any atom is 0.236 e. The zero-order valence-corrected chi connectivity index (χ0v) is 16.2. The molecule has 0 fully saturated rings. The van der Waals surface area contributed by atoms with E-state index < -0.39 is 0 Å². The molecule has 0 amide bonds. The number of benzene rings is 2. The van der Waals surface area contributed by atoms with Crippen molar-refractivity contribution < 1.29 is 31.4 Å². The van der Waals surface area contributed by atoms with Crippen LogP contribution in [0, 0.1) is 0 Å². The molecule has 134 valence electrons. The number of phenolic OH excluding ortho intramolecular Hbond substituents is 1. The molecule has 26 heavy (non-hydrogen) atoms. The molecule has 2 aromatic carbocycles. The van der Waals surface area contributed by atoms with Crippen LogP contribution >= 0.6 is 0 Å². The summed E-state index contributed by atoms with van der Waals surface area (Å²) >= 11 is 0. The molecule has 2 aromatic heterocycles. The lowest BCUT2D eigenvalue weighted by Crippen LogP contribution is -3.00. The number of phenols is 1. The molecule has 0 atom stereocenters. The quantitative estimate of drug-likeness (QED) is 0.379. The maximum atomic E-state index is 9.86. The van der Waals surface area contributed by atoms with Gasteiger partial charge in [-0.15, -0.1) is 0 Å². The Balaban J connectivity index is 0.00000196. The van der Waals surface area contributed by atoms with E-state index in [1.807, 2.05) is 18.2 Å². The molecule has 0 saturated heterocycles. The minimum atomic E-state index is 0. The summed E-state index contributed by atoms with van der Waals surface area (Å²) in [4.78, 5) is 3.54. The number of halogens is 1. The van der Waals surface area contributed by atoms with E-state index in [0.29, 0.717) is 0 Å². The molecule has 4 rings (SSSR count). The van der Waals surface area contributed by atoms with Crippen molar-refractivity contribution in [3.63, 3.8) is 0 Å². The van der Waals surface area contributed by atoms with E-state index >= 15 is 0 Å². The molecule has 5 heteroatoms. The average Bonchev–Trinajstić information content (AvgIpc) is 3.00. The van der Waals surface area contributed by atoms with Crippen molar-refractivity contribution in [3.05, 3.63) is 60.8 Å². The number of aromatic nitrogens is 2. The zero-order chi connectivity index (χ0) is 17.2. The van der Waals surface area contributed by atoms with Gasteiger partial charge in [0.25, 0.3) is 0 Å². The second-order valence-electron chi connectivity index (χ2n) is 6.21. The summed E-state index contributed by atoms with van der Waals surface area (Å²) in [5.41, 5.74) is 4.44. The Bertz CT molecular complexity index is 1030. The summed E-state index contributed by atoms with van der Waals surface area (Å²) in [5.74, 6) is 0.284. The number of rotatable bonds is 5. The number of pyridine rings is 1. The van der Waals surface area contributed by atoms with Gasteiger partial charge in [-0.3, -0.25) is 0 Å². The zero-order valence-electron chi connectivity index (χ0n) is 14.6. The predicted octanol–water partition coefficient (Wildman–Crippen LogP) is 1.02. The number of fused-ring (bicyclic) bond motifs is 3. The Labute approximate surface area is 162 Å². The van der Waals surface area contributed by atoms with E-state index in [9.17, 15) is 5.11 Å². The number of hydrogen-bond donors (Lipinski definition) is 2. The maximum absolute atomic E-state index is 9.86. The Morgan fingerprint density at radius 1 is 1.04 bits per heavy atom. The summed E-state index contributed by atoms with van der Waals surface area (Å²) in [5, 5.41) is 12.0. The van der Waals surface area contributed by atoms with E-state index in [4.69, 9.17) is 4.74 Å². The smallest absolute Gasteiger partial charge is 0.236 e. The number of nitrogens with one attached hydrogen (secondary N) is 1. The number of ether oxygens (including phenoxy) is 1. The average molecular weight is 413 g/mol. The SMILES string of the molecule is COCCC[n+]1ccc2c([nH]c3ccc(O)cc32)c1-c1ccccc1.[Br-]. The monoisotopic (exact) mass is 412 g/mol. The second kappa shape index (κ2) is 7.89. The molecule has 4 aromatic rings. The van der Waals surface area contributed by atoms with Crippen LogP contribution in [0.25, 0.3) is 33.1 Å². The number of H-pyrrole nitrogens is 1. The minimum Gasteiger partial charge on any atom is -1.00 e. The van der Waals surface area contributed by atoms with Crippen LogP contribution in [0.1, 0.15) is 6.42 Å². The van der Waals surface area contributed by atoms with Crippen molar-refractivity contribution >= 4 is 21.8 Å². The van der Waals surface area contributed by atoms with Crippen molar-refractivity contribution in [2.45, 2.75) is 13.0 Å². The van der Waals surface area contributed by atoms with Crippen LogP contribution in [-0.2, 0) is 11.3 Å². The van der Waals surface area contributed by atoms with E-state index in [2.05, 4.69) is 46.1 Å². The predicted molar refractivity (Wildman–Crippen MR) is 99.6 cm³/mol. The van der Waals surface area contributed by atoms with Crippen molar-refractivity contribution in [2.75, 3.05) is 13.7 Å². The normalized spacial score (nSPS) is 11.0. The number of aromatic hydroxyl groups is 1. The molecule has 2 heterocycles. The molecule has 2 N–H and O–H groups in total. The fourth-order valence-electron chi connectivity index (χ4n) is 3.42. The number of aryl methyl sites for hydroxylation is 1. The molecular formula is C21H21BrN2O2. The van der Waals surface area contributed by atoms with E-state index in [-0.39, 0.29) is 22.7 Å². The molecular weight excluding hydrogens is 392 g/mol. The number of aromatic amines is 1. The summed E-state index contributed by atoms with van der Waals surface area (Å²) in [6, 6.07) is 18.0. The van der Waals surface area contributed by atoms with E-state index in [0.717, 1.165) is 47.1 Å². The van der Waals surface area contributed by atoms with Gasteiger partial charge in [0.1, 0.15) is 11.3 Å². The van der Waals surface area contributed by atoms with Gasteiger partial charge in [-0.05, 0) is 30.3 Å².